The number of esters is 4. The Balaban J connectivity index is 1.09. The topological polar surface area (TPSA) is 181 Å². The van der Waals surface area contributed by atoms with Crippen molar-refractivity contribution in [1.29, 1.82) is 0 Å². The van der Waals surface area contributed by atoms with Crippen LogP contribution in [-0.4, -0.2) is 104 Å². The van der Waals surface area contributed by atoms with Gasteiger partial charge >= 0.3 is 23.9 Å². The van der Waals surface area contributed by atoms with Crippen molar-refractivity contribution in [3.63, 3.8) is 0 Å². The maximum atomic E-state index is 14.3. The van der Waals surface area contributed by atoms with Crippen molar-refractivity contribution in [3.8, 4) is 0 Å². The summed E-state index contributed by atoms with van der Waals surface area (Å²) in [4.78, 5) is 56.2. The largest absolute Gasteiger partial charge is 0.459 e. The third kappa shape index (κ3) is 14.1. The molecule has 15 heteroatoms. The van der Waals surface area contributed by atoms with E-state index in [4.69, 9.17) is 47.4 Å². The summed E-state index contributed by atoms with van der Waals surface area (Å²) in [6.07, 6.45) is -14.0. The summed E-state index contributed by atoms with van der Waals surface area (Å²) >= 11 is 0. The molecule has 0 spiro atoms. The smallest absolute Gasteiger partial charge is 0.338 e. The molecule has 76 heavy (non-hydrogen) atoms. The third-order valence-electron chi connectivity index (χ3n) is 12.6. The quantitative estimate of drug-likeness (QED) is 0.0533. The van der Waals surface area contributed by atoms with Crippen LogP contribution in [0.3, 0.4) is 0 Å². The monoisotopic (exact) mass is 1030 g/mol. The van der Waals surface area contributed by atoms with Crippen LogP contribution in [0.25, 0.3) is 0 Å². The Hall–Kier alpha value is -7.86. The minimum absolute atomic E-state index is 0.0795. The molecule has 0 aromatic heterocycles. The third-order valence-corrected chi connectivity index (χ3v) is 12.6. The molecule has 7 aromatic rings. The van der Waals surface area contributed by atoms with Gasteiger partial charge in [-0.1, -0.05) is 164 Å². The van der Waals surface area contributed by atoms with E-state index >= 15 is 0 Å². The van der Waals surface area contributed by atoms with Crippen molar-refractivity contribution in [2.24, 2.45) is 0 Å². The Labute approximate surface area is 439 Å². The molecule has 0 saturated carbocycles. The van der Waals surface area contributed by atoms with Gasteiger partial charge in [0.2, 0.25) is 0 Å². The summed E-state index contributed by atoms with van der Waals surface area (Å²) in [7, 11) is 0. The van der Waals surface area contributed by atoms with Crippen molar-refractivity contribution >= 4 is 23.9 Å². The molecule has 10 atom stereocenters. The van der Waals surface area contributed by atoms with E-state index < -0.39 is 98.5 Å². The highest BCUT2D eigenvalue weighted by Crippen LogP contribution is 2.35. The second-order valence-electron chi connectivity index (χ2n) is 17.9. The van der Waals surface area contributed by atoms with Gasteiger partial charge in [-0.3, -0.25) is 0 Å². The number of benzene rings is 7. The van der Waals surface area contributed by atoms with E-state index in [0.29, 0.717) is 0 Å². The zero-order valence-corrected chi connectivity index (χ0v) is 41.2. The number of aliphatic hydroxyl groups excluding tert-OH is 1. The molecule has 1 N–H and O–H groups in total. The van der Waals surface area contributed by atoms with E-state index in [1.165, 1.54) is 36.4 Å². The van der Waals surface area contributed by atoms with Gasteiger partial charge in [-0.2, -0.15) is 0 Å². The molecule has 0 aliphatic carbocycles. The second-order valence-corrected chi connectivity index (χ2v) is 17.9. The van der Waals surface area contributed by atoms with Crippen LogP contribution in [0.4, 0.5) is 0 Å². The first-order valence-electron chi connectivity index (χ1n) is 24.8. The molecule has 2 saturated heterocycles. The average Bonchev–Trinajstić information content (AvgIpc) is 3.50. The van der Waals surface area contributed by atoms with Crippen molar-refractivity contribution in [1.82, 2.24) is 0 Å². The SMILES string of the molecule is O=C(OC[C@H]1O[C@@H](OC[C@H]2O[C@H](O)[C@H](OCc3ccccc3)[C@@H](OCc3ccccc3)[C@@H]2OCc2ccccc2)[C@H](OC(=O)c2ccccc2)[C@@H](OC(=O)c2ccccc2)[C@H]1OC(=O)c1ccccc1)c1ccccc1. The lowest BCUT2D eigenvalue weighted by molar-refractivity contribution is -0.337. The van der Waals surface area contributed by atoms with Gasteiger partial charge in [0.25, 0.3) is 0 Å². The maximum Gasteiger partial charge on any atom is 0.338 e. The van der Waals surface area contributed by atoms with Gasteiger partial charge in [0.1, 0.15) is 37.1 Å². The van der Waals surface area contributed by atoms with E-state index in [2.05, 4.69) is 0 Å². The molecule has 0 radical (unpaired) electrons. The van der Waals surface area contributed by atoms with Gasteiger partial charge in [0.05, 0.1) is 48.7 Å². The van der Waals surface area contributed by atoms with Gasteiger partial charge in [-0.25, -0.2) is 19.2 Å². The van der Waals surface area contributed by atoms with Crippen LogP contribution in [-0.2, 0) is 67.2 Å². The Morgan fingerprint density at radius 1 is 0.342 bits per heavy atom. The highest BCUT2D eigenvalue weighted by atomic mass is 16.7. The molecule has 2 aliphatic rings. The molecular formula is C61H56O15. The van der Waals surface area contributed by atoms with Gasteiger partial charge < -0.3 is 52.5 Å². The minimum Gasteiger partial charge on any atom is -0.459 e. The first-order chi connectivity index (χ1) is 37.3. The van der Waals surface area contributed by atoms with Crippen LogP contribution in [0.1, 0.15) is 58.1 Å². The molecule has 15 nitrogen and oxygen atoms in total. The van der Waals surface area contributed by atoms with Crippen LogP contribution in [0.5, 0.6) is 0 Å². The van der Waals surface area contributed by atoms with Crippen molar-refractivity contribution < 1.29 is 71.7 Å². The normalized spacial score (nSPS) is 23.1. The molecule has 2 fully saturated rings. The number of carbonyl (C=O) groups excluding carboxylic acids is 4. The number of rotatable bonds is 21. The number of hydrogen-bond donors (Lipinski definition) is 1. The van der Waals surface area contributed by atoms with Crippen molar-refractivity contribution in [3.05, 3.63) is 251 Å². The highest BCUT2D eigenvalue weighted by Gasteiger charge is 2.55. The summed E-state index contributed by atoms with van der Waals surface area (Å²) in [6.45, 7) is -0.732. The van der Waals surface area contributed by atoms with Crippen LogP contribution in [0, 0.1) is 0 Å². The van der Waals surface area contributed by atoms with Crippen molar-refractivity contribution in [2.75, 3.05) is 13.2 Å². The summed E-state index contributed by atoms with van der Waals surface area (Å²) in [5, 5.41) is 11.9. The van der Waals surface area contributed by atoms with E-state index in [1.54, 1.807) is 84.9 Å². The van der Waals surface area contributed by atoms with Crippen LogP contribution >= 0.6 is 0 Å². The van der Waals surface area contributed by atoms with E-state index in [0.717, 1.165) is 16.7 Å². The maximum absolute atomic E-state index is 14.3. The molecule has 390 valence electrons. The van der Waals surface area contributed by atoms with Crippen LogP contribution in [0.2, 0.25) is 0 Å². The van der Waals surface area contributed by atoms with Gasteiger partial charge in [0.15, 0.2) is 30.9 Å². The van der Waals surface area contributed by atoms with E-state index in [9.17, 15) is 24.3 Å². The Morgan fingerprint density at radius 2 is 0.684 bits per heavy atom. The van der Waals surface area contributed by atoms with E-state index in [-0.39, 0.29) is 42.1 Å². The lowest BCUT2D eigenvalue weighted by Gasteiger charge is -2.46. The standard InChI is InChI=1S/C61H56O15/c62-56(44-28-14-4-15-29-44)70-39-49-51(74-57(63)45-30-16-5-17-31-45)53(75-58(64)46-32-18-6-19-33-46)55(76-59(65)47-34-20-7-21-35-47)61(73-49)71-40-48-50(67-36-41-22-8-1-9-23-41)52(68-37-42-24-10-2-11-25-42)54(60(66)72-48)69-38-43-26-12-3-13-27-43/h1-35,48-55,60-61,66H,36-40H2/t48-,49-,50-,51+,52+,53+,54-,55-,60+,61-/m1/s1. The Morgan fingerprint density at radius 3 is 1.12 bits per heavy atom. The lowest BCUT2D eigenvalue weighted by atomic mass is 9.96. The van der Waals surface area contributed by atoms with Crippen LogP contribution in [0.15, 0.2) is 212 Å². The molecule has 7 aromatic carbocycles. The molecule has 0 amide bonds. The number of carbonyl (C=O) groups is 4. The highest BCUT2D eigenvalue weighted by molar-refractivity contribution is 5.91. The van der Waals surface area contributed by atoms with Crippen LogP contribution < -0.4 is 0 Å². The molecule has 9 rings (SSSR count). The zero-order chi connectivity index (χ0) is 52.5. The summed E-state index contributed by atoms with van der Waals surface area (Å²) in [6, 6.07) is 60.8. The zero-order valence-electron chi connectivity index (χ0n) is 41.2. The van der Waals surface area contributed by atoms with Gasteiger partial charge in [-0.05, 0) is 65.2 Å². The van der Waals surface area contributed by atoms with Gasteiger partial charge in [-0.15, -0.1) is 0 Å². The fraction of sp³-hybridized carbons (Fsp3) is 0.246. The number of aliphatic hydroxyl groups is 1. The number of hydrogen-bond acceptors (Lipinski definition) is 15. The Bertz CT molecular complexity index is 2900. The fourth-order valence-electron chi connectivity index (χ4n) is 8.75. The minimum atomic E-state index is -1.70. The van der Waals surface area contributed by atoms with E-state index in [1.807, 2.05) is 91.0 Å². The molecule has 0 bridgehead atoms. The summed E-state index contributed by atoms with van der Waals surface area (Å²) in [5.41, 5.74) is 3.11. The lowest BCUT2D eigenvalue weighted by Crippen LogP contribution is -2.64. The molecule has 0 unspecified atom stereocenters. The molecule has 2 aliphatic heterocycles. The predicted octanol–water partition coefficient (Wildman–Crippen LogP) is 8.74. The first-order valence-corrected chi connectivity index (χ1v) is 24.8. The molecule has 2 heterocycles. The average molecular weight is 1030 g/mol. The van der Waals surface area contributed by atoms with Gasteiger partial charge in [0, 0.05) is 0 Å². The Kier molecular flexibility index (Phi) is 18.5. The molecular weight excluding hydrogens is 973 g/mol. The summed E-state index contributed by atoms with van der Waals surface area (Å²) < 4.78 is 64.1. The van der Waals surface area contributed by atoms with Crippen molar-refractivity contribution in [2.45, 2.75) is 81.2 Å². The summed E-state index contributed by atoms with van der Waals surface area (Å²) in [5.74, 6) is -3.33. The predicted molar refractivity (Wildman–Crippen MR) is 274 cm³/mol. The number of ether oxygens (including phenoxy) is 10. The second kappa shape index (κ2) is 26.6. The fourth-order valence-corrected chi connectivity index (χ4v) is 8.75. The first kappa shape index (κ1) is 53.0.